The van der Waals surface area contributed by atoms with Gasteiger partial charge in [0.05, 0.1) is 15.6 Å². The molecule has 0 aliphatic carbocycles. The predicted molar refractivity (Wildman–Crippen MR) is 104 cm³/mol. The van der Waals surface area contributed by atoms with Crippen LogP contribution in [0.3, 0.4) is 0 Å². The van der Waals surface area contributed by atoms with Crippen molar-refractivity contribution in [3.8, 4) is 11.8 Å². The molecule has 7 nitrogen and oxygen atoms in total. The van der Waals surface area contributed by atoms with Gasteiger partial charge < -0.3 is 14.6 Å². The van der Waals surface area contributed by atoms with Crippen molar-refractivity contribution in [3.63, 3.8) is 0 Å². The molecule has 0 aliphatic heterocycles. The van der Waals surface area contributed by atoms with Crippen LogP contribution in [0, 0.1) is 11.3 Å². The van der Waals surface area contributed by atoms with E-state index in [0.29, 0.717) is 16.8 Å². The molecule has 180 valence electrons. The van der Waals surface area contributed by atoms with Gasteiger partial charge in [0.1, 0.15) is 22.9 Å². The molecule has 0 aliphatic rings. The highest BCUT2D eigenvalue weighted by Gasteiger charge is 2.51. The zero-order chi connectivity index (χ0) is 25.3. The molecule has 33 heavy (non-hydrogen) atoms. The molecule has 0 fully saturated rings. The van der Waals surface area contributed by atoms with E-state index in [4.69, 9.17) is 27.9 Å². The van der Waals surface area contributed by atoms with Gasteiger partial charge in [-0.05, 0) is 19.1 Å². The van der Waals surface area contributed by atoms with Gasteiger partial charge in [-0.15, -0.1) is 13.2 Å². The van der Waals surface area contributed by atoms with Gasteiger partial charge in [-0.25, -0.2) is 4.68 Å². The van der Waals surface area contributed by atoms with Gasteiger partial charge in [0, 0.05) is 13.5 Å². The summed E-state index contributed by atoms with van der Waals surface area (Å²) in [5, 5.41) is 13.7. The van der Waals surface area contributed by atoms with Crippen LogP contribution in [-0.4, -0.2) is 32.4 Å². The molecule has 2 rings (SSSR count). The number of nitrogens with zero attached hydrogens (tertiary/aromatic N) is 3. The van der Waals surface area contributed by atoms with Crippen LogP contribution in [0.5, 0.6) is 0 Å². The van der Waals surface area contributed by atoms with Crippen LogP contribution in [-0.2, 0) is 26.9 Å². The van der Waals surface area contributed by atoms with Crippen molar-refractivity contribution in [2.45, 2.75) is 36.7 Å². The number of hydrogen-bond donors (Lipinski definition) is 1. The van der Waals surface area contributed by atoms with E-state index in [1.807, 2.05) is 0 Å². The van der Waals surface area contributed by atoms with E-state index in [0.717, 1.165) is 6.92 Å². The molecule has 16 heteroatoms. The van der Waals surface area contributed by atoms with Crippen LogP contribution < -0.4 is 5.32 Å². The molecule has 0 saturated carbocycles. The molecule has 0 saturated heterocycles. The van der Waals surface area contributed by atoms with Crippen molar-refractivity contribution in [1.29, 1.82) is 5.26 Å². The first-order chi connectivity index (χ1) is 15.1. The van der Waals surface area contributed by atoms with E-state index in [1.54, 1.807) is 0 Å². The van der Waals surface area contributed by atoms with Crippen molar-refractivity contribution >= 4 is 40.3 Å². The van der Waals surface area contributed by atoms with E-state index < -0.39 is 72.6 Å². The fraction of sp³-hybridized carbons (Fsp3) is 0.353. The lowest BCUT2D eigenvalue weighted by molar-refractivity contribution is -0.137. The topological polar surface area (TPSA) is 103 Å². The molecular weight excluding hydrogens is 525 g/mol. The molecule has 1 aromatic carbocycles. The molecule has 2 atom stereocenters. The second-order valence-electron chi connectivity index (χ2n) is 6.12. The average Bonchev–Trinajstić information content (AvgIpc) is 3.03. The number of alkyl halides is 6. The van der Waals surface area contributed by atoms with Crippen molar-refractivity contribution in [1.82, 2.24) is 15.1 Å². The summed E-state index contributed by atoms with van der Waals surface area (Å²) >= 11 is 8.06. The lowest BCUT2D eigenvalue weighted by Gasteiger charge is -2.22. The fourth-order valence-electron chi connectivity index (χ4n) is 2.66. The van der Waals surface area contributed by atoms with Gasteiger partial charge >= 0.3 is 11.7 Å². The molecule has 1 aromatic heterocycles. The summed E-state index contributed by atoms with van der Waals surface area (Å²) in [5.74, 6) is -0.798. The van der Waals surface area contributed by atoms with E-state index in [9.17, 15) is 41.0 Å². The number of benzene rings is 1. The number of hydrogen-bond acceptors (Lipinski definition) is 5. The Balaban J connectivity index is 2.96. The highest BCUT2D eigenvalue weighted by molar-refractivity contribution is 7.92. The highest BCUT2D eigenvalue weighted by atomic mass is 35.5. The van der Waals surface area contributed by atoms with Gasteiger partial charge in [-0.3, -0.25) is 4.79 Å². The van der Waals surface area contributed by atoms with Gasteiger partial charge in [-0.2, -0.15) is 23.5 Å². The third-order valence-corrected chi connectivity index (χ3v) is 5.62. The Labute approximate surface area is 195 Å². The van der Waals surface area contributed by atoms with Crippen molar-refractivity contribution in [3.05, 3.63) is 39.1 Å². The first kappa shape index (κ1) is 27.1. The standard InChI is InChI=1S/C17H12Cl2F6N4O3S/c1-3-32-15(27-7(2)30)13-14(33(31)17(23,24)25)11(6-26)28-29(13)12-9(18)4-8(5-10(12)19)16(20,21)22/h4-5,15H,3H2,1-2H3,(H,27,30). The Morgan fingerprint density at radius 3 is 2.24 bits per heavy atom. The average molecular weight is 537 g/mol. The molecular formula is C17H12Cl2F6N4O3S. The summed E-state index contributed by atoms with van der Waals surface area (Å²) < 4.78 is 97.3. The van der Waals surface area contributed by atoms with Gasteiger partial charge in [0.2, 0.25) is 16.5 Å². The molecule has 0 spiro atoms. The Kier molecular flexibility index (Phi) is 8.19. The predicted octanol–water partition coefficient (Wildman–Crippen LogP) is 4.87. The Bertz CT molecular complexity index is 1080. The minimum atomic E-state index is -5.37. The number of nitriles is 1. The smallest absolute Gasteiger partial charge is 0.578 e. The number of carbonyl (C=O) groups excluding carboxylic acids is 1. The number of carbonyl (C=O) groups is 1. The molecule has 1 amide bonds. The second-order valence-corrected chi connectivity index (χ2v) is 8.35. The molecule has 0 bridgehead atoms. The van der Waals surface area contributed by atoms with Crippen LogP contribution in [0.1, 0.15) is 37.0 Å². The highest BCUT2D eigenvalue weighted by Crippen LogP contribution is 2.42. The van der Waals surface area contributed by atoms with E-state index in [1.165, 1.54) is 13.0 Å². The SMILES string of the molecule is CCOC(NC(C)=O)c1c([S+]([O-])C(F)(F)F)c(C#N)nn1-c1c(Cl)cc(C(F)(F)F)cc1Cl. The summed E-state index contributed by atoms with van der Waals surface area (Å²) in [7, 11) is 0. The lowest BCUT2D eigenvalue weighted by Crippen LogP contribution is -2.33. The number of amides is 1. The van der Waals surface area contributed by atoms with Crippen molar-refractivity contribution < 1.29 is 40.4 Å². The van der Waals surface area contributed by atoms with Gasteiger partial charge in [0.25, 0.3) is 0 Å². The molecule has 2 unspecified atom stereocenters. The maximum Gasteiger partial charge on any atom is 0.578 e. The maximum atomic E-state index is 13.3. The summed E-state index contributed by atoms with van der Waals surface area (Å²) in [6, 6.07) is 2.22. The van der Waals surface area contributed by atoms with E-state index in [-0.39, 0.29) is 6.61 Å². The van der Waals surface area contributed by atoms with Crippen LogP contribution in [0.15, 0.2) is 17.0 Å². The van der Waals surface area contributed by atoms with Crippen LogP contribution in [0.2, 0.25) is 10.0 Å². The first-order valence-corrected chi connectivity index (χ1v) is 10.5. The van der Waals surface area contributed by atoms with Crippen molar-refractivity contribution in [2.24, 2.45) is 0 Å². The van der Waals surface area contributed by atoms with Gasteiger partial charge in [-0.1, -0.05) is 23.2 Å². The quantitative estimate of drug-likeness (QED) is 0.322. The van der Waals surface area contributed by atoms with Gasteiger partial charge in [0.15, 0.2) is 11.9 Å². The van der Waals surface area contributed by atoms with Crippen LogP contribution in [0.25, 0.3) is 5.69 Å². The Morgan fingerprint density at radius 2 is 1.85 bits per heavy atom. The summed E-state index contributed by atoms with van der Waals surface area (Å²) in [4.78, 5) is 10.5. The number of ether oxygens (including phenoxy) is 1. The van der Waals surface area contributed by atoms with Crippen LogP contribution in [0.4, 0.5) is 26.3 Å². The monoisotopic (exact) mass is 536 g/mol. The van der Waals surface area contributed by atoms with Crippen molar-refractivity contribution in [2.75, 3.05) is 6.61 Å². The summed E-state index contributed by atoms with van der Waals surface area (Å²) in [5.41, 5.74) is -8.95. The third-order valence-electron chi connectivity index (χ3n) is 3.85. The molecule has 1 N–H and O–H groups in total. The Hall–Kier alpha value is -2.18. The largest absolute Gasteiger partial charge is 0.604 e. The summed E-state index contributed by atoms with van der Waals surface area (Å²) in [6.07, 6.45) is -6.61. The molecule has 2 aromatic rings. The minimum Gasteiger partial charge on any atom is -0.604 e. The summed E-state index contributed by atoms with van der Waals surface area (Å²) in [6.45, 7) is 2.22. The number of rotatable bonds is 6. The minimum absolute atomic E-state index is 0.190. The molecule has 1 heterocycles. The zero-order valence-electron chi connectivity index (χ0n) is 16.4. The van der Waals surface area contributed by atoms with E-state index >= 15 is 0 Å². The molecule has 0 radical (unpaired) electrons. The first-order valence-electron chi connectivity index (χ1n) is 8.60. The fourth-order valence-corrected chi connectivity index (χ4v) is 4.18. The number of halogens is 8. The normalized spacial score (nSPS) is 14.0. The zero-order valence-corrected chi connectivity index (χ0v) is 18.8. The van der Waals surface area contributed by atoms with Crippen LogP contribution >= 0.6 is 23.2 Å². The maximum absolute atomic E-state index is 13.3. The number of nitrogens with one attached hydrogen (secondary N) is 1. The Morgan fingerprint density at radius 1 is 1.30 bits per heavy atom. The third kappa shape index (κ3) is 5.85. The lowest BCUT2D eigenvalue weighted by atomic mass is 10.2. The van der Waals surface area contributed by atoms with E-state index in [2.05, 4.69) is 10.4 Å². The number of aromatic nitrogens is 2. The second kappa shape index (κ2) is 9.98.